The van der Waals surface area contributed by atoms with Crippen LogP contribution in [0, 0.1) is 19.8 Å². The Morgan fingerprint density at radius 3 is 2.96 bits per heavy atom. The topological polar surface area (TPSA) is 37.3 Å². The van der Waals surface area contributed by atoms with Gasteiger partial charge in [0.25, 0.3) is 5.91 Å². The van der Waals surface area contributed by atoms with Crippen molar-refractivity contribution in [2.45, 2.75) is 46.6 Å². The molecule has 1 amide bonds. The van der Waals surface area contributed by atoms with Crippen molar-refractivity contribution in [1.29, 1.82) is 0 Å². The molecule has 3 rings (SSSR count). The van der Waals surface area contributed by atoms with Gasteiger partial charge < -0.3 is 14.8 Å². The predicted octanol–water partition coefficient (Wildman–Crippen LogP) is 4.07. The number of aryl methyl sites for hydroxylation is 1. The highest BCUT2D eigenvalue weighted by Crippen LogP contribution is 2.19. The van der Waals surface area contributed by atoms with E-state index in [9.17, 15) is 4.79 Å². The highest BCUT2D eigenvalue weighted by Gasteiger charge is 2.17. The molecule has 142 valence electrons. The molecule has 26 heavy (non-hydrogen) atoms. The van der Waals surface area contributed by atoms with Gasteiger partial charge in [-0.05, 0) is 69.6 Å². The van der Waals surface area contributed by atoms with Gasteiger partial charge in [0.2, 0.25) is 0 Å². The Hall–Kier alpha value is -1.59. The molecule has 1 N–H and O–H groups in total. The van der Waals surface area contributed by atoms with Crippen LogP contribution >= 0.6 is 11.3 Å². The van der Waals surface area contributed by atoms with Gasteiger partial charge >= 0.3 is 0 Å². The van der Waals surface area contributed by atoms with Crippen molar-refractivity contribution in [3.63, 3.8) is 0 Å². The van der Waals surface area contributed by atoms with Crippen molar-refractivity contribution < 1.29 is 4.79 Å². The third-order valence-corrected chi connectivity index (χ3v) is 6.25. The molecular formula is C21H31N3OS. The summed E-state index contributed by atoms with van der Waals surface area (Å²) < 4.78 is 2.23. The van der Waals surface area contributed by atoms with E-state index in [-0.39, 0.29) is 5.91 Å². The first-order valence-electron chi connectivity index (χ1n) is 9.74. The molecule has 1 fully saturated rings. The Labute approximate surface area is 161 Å². The van der Waals surface area contributed by atoms with E-state index in [2.05, 4.69) is 46.1 Å². The minimum absolute atomic E-state index is 0.0579. The van der Waals surface area contributed by atoms with Gasteiger partial charge in [-0.1, -0.05) is 13.0 Å². The maximum absolute atomic E-state index is 12.6. The SMILES string of the molecule is Cc1cc(C(=O)NCCCN2CCCC(C)C2)c(C)n1Cc1cccs1. The van der Waals surface area contributed by atoms with Crippen LogP contribution in [-0.4, -0.2) is 41.6 Å². The van der Waals surface area contributed by atoms with E-state index in [1.165, 1.54) is 30.8 Å². The molecule has 2 aromatic heterocycles. The van der Waals surface area contributed by atoms with Crippen LogP contribution in [0.25, 0.3) is 0 Å². The van der Waals surface area contributed by atoms with Gasteiger partial charge in [-0.15, -0.1) is 11.3 Å². The van der Waals surface area contributed by atoms with Crippen LogP contribution in [0.4, 0.5) is 0 Å². The number of carbonyl (C=O) groups is 1. The fourth-order valence-electron chi connectivity index (χ4n) is 3.92. The molecule has 1 unspecified atom stereocenters. The lowest BCUT2D eigenvalue weighted by Gasteiger charge is -2.30. The smallest absolute Gasteiger partial charge is 0.253 e. The number of aromatic nitrogens is 1. The minimum atomic E-state index is 0.0579. The molecule has 0 aliphatic carbocycles. The predicted molar refractivity (Wildman–Crippen MR) is 109 cm³/mol. The molecule has 1 aliphatic rings. The molecule has 0 saturated carbocycles. The number of piperidine rings is 1. The Bertz CT molecular complexity index is 720. The van der Waals surface area contributed by atoms with Crippen LogP contribution in [0.2, 0.25) is 0 Å². The van der Waals surface area contributed by atoms with E-state index in [4.69, 9.17) is 0 Å². The number of amides is 1. The summed E-state index contributed by atoms with van der Waals surface area (Å²) in [5.74, 6) is 0.870. The van der Waals surface area contributed by atoms with Gasteiger partial charge in [0.05, 0.1) is 12.1 Å². The van der Waals surface area contributed by atoms with Crippen molar-refractivity contribution in [2.75, 3.05) is 26.2 Å². The van der Waals surface area contributed by atoms with E-state index in [0.29, 0.717) is 0 Å². The highest BCUT2D eigenvalue weighted by molar-refractivity contribution is 7.09. The lowest BCUT2D eigenvalue weighted by molar-refractivity contribution is 0.0949. The number of hydrogen-bond acceptors (Lipinski definition) is 3. The summed E-state index contributed by atoms with van der Waals surface area (Å²) in [7, 11) is 0. The minimum Gasteiger partial charge on any atom is -0.352 e. The summed E-state index contributed by atoms with van der Waals surface area (Å²) in [6, 6.07) is 6.24. The Morgan fingerprint density at radius 1 is 1.38 bits per heavy atom. The molecule has 4 nitrogen and oxygen atoms in total. The summed E-state index contributed by atoms with van der Waals surface area (Å²) in [6.45, 7) is 11.6. The summed E-state index contributed by atoms with van der Waals surface area (Å²) >= 11 is 1.76. The third-order valence-electron chi connectivity index (χ3n) is 5.39. The number of carbonyl (C=O) groups excluding carboxylic acids is 1. The molecule has 0 bridgehead atoms. The normalized spacial score (nSPS) is 18.2. The number of nitrogens with one attached hydrogen (secondary N) is 1. The van der Waals surface area contributed by atoms with Crippen molar-refractivity contribution in [3.05, 3.63) is 45.4 Å². The quantitative estimate of drug-likeness (QED) is 0.743. The number of hydrogen-bond donors (Lipinski definition) is 1. The Morgan fingerprint density at radius 2 is 2.23 bits per heavy atom. The van der Waals surface area contributed by atoms with E-state index >= 15 is 0 Å². The molecule has 0 aromatic carbocycles. The van der Waals surface area contributed by atoms with Crippen LogP contribution in [0.1, 0.15) is 52.8 Å². The molecule has 3 heterocycles. The standard InChI is InChI=1S/C21H31N3OS/c1-16-7-4-10-23(14-16)11-6-9-22-21(25)20-13-17(2)24(18(20)3)15-19-8-5-12-26-19/h5,8,12-13,16H,4,6-7,9-11,14-15H2,1-3H3,(H,22,25). The Balaban J connectivity index is 1.50. The van der Waals surface area contributed by atoms with Crippen LogP contribution in [0.15, 0.2) is 23.6 Å². The van der Waals surface area contributed by atoms with Gasteiger partial charge in [-0.2, -0.15) is 0 Å². The molecule has 5 heteroatoms. The first-order chi connectivity index (χ1) is 12.5. The monoisotopic (exact) mass is 373 g/mol. The van der Waals surface area contributed by atoms with Gasteiger partial charge in [0.15, 0.2) is 0 Å². The zero-order valence-corrected chi connectivity index (χ0v) is 17.1. The lowest BCUT2D eigenvalue weighted by atomic mass is 10.0. The number of nitrogens with zero attached hydrogens (tertiary/aromatic N) is 2. The molecule has 1 aliphatic heterocycles. The third kappa shape index (κ3) is 4.77. The van der Waals surface area contributed by atoms with E-state index in [1.807, 2.05) is 13.0 Å². The molecule has 1 atom stereocenters. The van der Waals surface area contributed by atoms with Gasteiger partial charge in [0, 0.05) is 29.4 Å². The zero-order chi connectivity index (χ0) is 18.5. The number of likely N-dealkylation sites (tertiary alicyclic amines) is 1. The summed E-state index contributed by atoms with van der Waals surface area (Å²) in [4.78, 5) is 16.5. The van der Waals surface area contributed by atoms with Crippen molar-refractivity contribution >= 4 is 17.2 Å². The molecule has 0 spiro atoms. The van der Waals surface area contributed by atoms with Crippen molar-refractivity contribution in [3.8, 4) is 0 Å². The Kier molecular flexibility index (Phi) is 6.54. The number of thiophene rings is 1. The van der Waals surface area contributed by atoms with E-state index < -0.39 is 0 Å². The van der Waals surface area contributed by atoms with Crippen molar-refractivity contribution in [2.24, 2.45) is 5.92 Å². The van der Waals surface area contributed by atoms with Gasteiger partial charge in [-0.25, -0.2) is 0 Å². The van der Waals surface area contributed by atoms with Gasteiger partial charge in [0.1, 0.15) is 0 Å². The lowest BCUT2D eigenvalue weighted by Crippen LogP contribution is -2.36. The number of rotatable bonds is 7. The van der Waals surface area contributed by atoms with Crippen LogP contribution in [0.3, 0.4) is 0 Å². The largest absolute Gasteiger partial charge is 0.352 e. The second kappa shape index (κ2) is 8.87. The fraction of sp³-hybridized carbons (Fsp3) is 0.571. The average Bonchev–Trinajstić information content (AvgIpc) is 3.22. The first-order valence-corrected chi connectivity index (χ1v) is 10.6. The maximum atomic E-state index is 12.6. The van der Waals surface area contributed by atoms with Crippen molar-refractivity contribution in [1.82, 2.24) is 14.8 Å². The highest BCUT2D eigenvalue weighted by atomic mass is 32.1. The second-order valence-electron chi connectivity index (χ2n) is 7.61. The van der Waals surface area contributed by atoms with Crippen LogP contribution in [-0.2, 0) is 6.54 Å². The molecule has 2 aromatic rings. The summed E-state index contributed by atoms with van der Waals surface area (Å²) in [5.41, 5.74) is 3.01. The van der Waals surface area contributed by atoms with Crippen LogP contribution in [0.5, 0.6) is 0 Å². The fourth-order valence-corrected chi connectivity index (χ4v) is 4.61. The molecule has 0 radical (unpaired) electrons. The van der Waals surface area contributed by atoms with E-state index in [1.54, 1.807) is 11.3 Å². The zero-order valence-electron chi connectivity index (χ0n) is 16.3. The second-order valence-corrected chi connectivity index (χ2v) is 8.64. The van der Waals surface area contributed by atoms with Crippen LogP contribution < -0.4 is 5.32 Å². The summed E-state index contributed by atoms with van der Waals surface area (Å²) in [5, 5.41) is 5.21. The molecule has 1 saturated heterocycles. The molecular weight excluding hydrogens is 342 g/mol. The van der Waals surface area contributed by atoms with Gasteiger partial charge in [-0.3, -0.25) is 4.79 Å². The van der Waals surface area contributed by atoms with E-state index in [0.717, 1.165) is 48.9 Å². The maximum Gasteiger partial charge on any atom is 0.253 e. The first kappa shape index (κ1) is 19.2. The average molecular weight is 374 g/mol. The summed E-state index contributed by atoms with van der Waals surface area (Å²) in [6.07, 6.45) is 3.68.